The lowest BCUT2D eigenvalue weighted by Crippen LogP contribution is -2.43. The molecule has 0 unspecified atom stereocenters. The van der Waals surface area contributed by atoms with Gasteiger partial charge in [-0.3, -0.25) is 9.63 Å². The number of nitrogens with one attached hydrogen (secondary N) is 1. The van der Waals surface area contributed by atoms with Gasteiger partial charge in [0.1, 0.15) is 10.7 Å². The third-order valence-corrected chi connectivity index (χ3v) is 5.53. The molecule has 6 nitrogen and oxygen atoms in total. The highest BCUT2D eigenvalue weighted by Gasteiger charge is 2.33. The van der Waals surface area contributed by atoms with E-state index in [4.69, 9.17) is 4.84 Å². The maximum atomic E-state index is 13.7. The number of amides is 1. The van der Waals surface area contributed by atoms with E-state index >= 15 is 0 Å². The van der Waals surface area contributed by atoms with Crippen molar-refractivity contribution < 1.29 is 22.4 Å². The van der Waals surface area contributed by atoms with Crippen LogP contribution in [0.5, 0.6) is 0 Å². The van der Waals surface area contributed by atoms with Crippen LogP contribution in [0.4, 0.5) is 4.39 Å². The van der Waals surface area contributed by atoms with Gasteiger partial charge in [-0.15, -0.1) is 0 Å². The lowest BCUT2D eigenvalue weighted by molar-refractivity contribution is -0.138. The molecule has 0 bridgehead atoms. The molecular weight excluding hydrogens is 311 g/mol. The van der Waals surface area contributed by atoms with Crippen molar-refractivity contribution in [1.29, 1.82) is 0 Å². The zero-order valence-electron chi connectivity index (χ0n) is 12.3. The van der Waals surface area contributed by atoms with Crippen LogP contribution < -0.4 is 5.48 Å². The van der Waals surface area contributed by atoms with E-state index in [1.165, 1.54) is 22.5 Å². The lowest BCUT2D eigenvalue weighted by atomic mass is 9.98. The molecule has 1 aromatic rings. The Morgan fingerprint density at radius 1 is 1.36 bits per heavy atom. The van der Waals surface area contributed by atoms with E-state index < -0.39 is 15.8 Å². The topological polar surface area (TPSA) is 75.7 Å². The van der Waals surface area contributed by atoms with Gasteiger partial charge in [0, 0.05) is 19.0 Å². The monoisotopic (exact) mass is 330 g/mol. The van der Waals surface area contributed by atoms with Gasteiger partial charge in [0.2, 0.25) is 15.9 Å². The predicted molar refractivity (Wildman–Crippen MR) is 77.7 cm³/mol. The number of carbonyl (C=O) groups is 1. The third-order valence-electron chi connectivity index (χ3n) is 3.60. The van der Waals surface area contributed by atoms with Crippen LogP contribution in [0.25, 0.3) is 0 Å². The Morgan fingerprint density at radius 2 is 2.00 bits per heavy atom. The molecule has 0 radical (unpaired) electrons. The largest absolute Gasteiger partial charge is 0.274 e. The van der Waals surface area contributed by atoms with Crippen molar-refractivity contribution in [2.24, 2.45) is 5.92 Å². The van der Waals surface area contributed by atoms with Gasteiger partial charge in [0.05, 0.1) is 6.61 Å². The normalized spacial score (nSPS) is 17.4. The van der Waals surface area contributed by atoms with Gasteiger partial charge in [0.15, 0.2) is 0 Å². The molecule has 8 heteroatoms. The smallest absolute Gasteiger partial charge is 0.246 e. The van der Waals surface area contributed by atoms with Crippen molar-refractivity contribution in [2.75, 3.05) is 19.7 Å². The third kappa shape index (κ3) is 3.63. The Labute approximate surface area is 129 Å². The SMILES string of the molecule is CCONC(=O)C1CCN(S(=O)(=O)c2ccccc2F)CC1. The van der Waals surface area contributed by atoms with Gasteiger partial charge in [0.25, 0.3) is 0 Å². The van der Waals surface area contributed by atoms with Gasteiger partial charge in [-0.2, -0.15) is 4.31 Å². The van der Waals surface area contributed by atoms with Crippen molar-refractivity contribution in [3.63, 3.8) is 0 Å². The molecule has 1 aliphatic heterocycles. The molecule has 0 aliphatic carbocycles. The molecule has 0 spiro atoms. The van der Waals surface area contributed by atoms with Crippen LogP contribution in [0, 0.1) is 11.7 Å². The summed E-state index contributed by atoms with van der Waals surface area (Å²) in [6.07, 6.45) is 0.763. The summed E-state index contributed by atoms with van der Waals surface area (Å²) >= 11 is 0. The first-order valence-electron chi connectivity index (χ1n) is 7.13. The van der Waals surface area contributed by atoms with Crippen molar-refractivity contribution in [3.8, 4) is 0 Å². The molecule has 122 valence electrons. The molecule has 1 N–H and O–H groups in total. The Hall–Kier alpha value is -1.51. The van der Waals surface area contributed by atoms with E-state index in [1.807, 2.05) is 0 Å². The van der Waals surface area contributed by atoms with E-state index in [9.17, 15) is 17.6 Å². The number of piperidine rings is 1. The van der Waals surface area contributed by atoms with Crippen LogP contribution in [0.1, 0.15) is 19.8 Å². The second-order valence-electron chi connectivity index (χ2n) is 5.01. The number of sulfonamides is 1. The number of hydrogen-bond acceptors (Lipinski definition) is 4. The number of hydroxylamine groups is 1. The van der Waals surface area contributed by atoms with Crippen molar-refractivity contribution in [2.45, 2.75) is 24.7 Å². The lowest BCUT2D eigenvalue weighted by Gasteiger charge is -2.30. The molecule has 1 aliphatic rings. The minimum atomic E-state index is -3.86. The number of nitrogens with zero attached hydrogens (tertiary/aromatic N) is 1. The van der Waals surface area contributed by atoms with Gasteiger partial charge in [-0.25, -0.2) is 18.3 Å². The van der Waals surface area contributed by atoms with Crippen LogP contribution in [0.3, 0.4) is 0 Å². The Morgan fingerprint density at radius 3 is 2.59 bits per heavy atom. The molecule has 1 aromatic carbocycles. The Bertz CT molecular complexity index is 627. The number of carbonyl (C=O) groups excluding carboxylic acids is 1. The molecule has 22 heavy (non-hydrogen) atoms. The first-order valence-corrected chi connectivity index (χ1v) is 8.57. The average molecular weight is 330 g/mol. The van der Waals surface area contributed by atoms with Gasteiger partial charge >= 0.3 is 0 Å². The van der Waals surface area contributed by atoms with Crippen molar-refractivity contribution >= 4 is 15.9 Å². The molecule has 0 saturated carbocycles. The van der Waals surface area contributed by atoms with Gasteiger partial charge < -0.3 is 0 Å². The number of rotatable bonds is 5. The number of hydrogen-bond donors (Lipinski definition) is 1. The molecule has 1 heterocycles. The Kier molecular flexibility index (Phi) is 5.49. The summed E-state index contributed by atoms with van der Waals surface area (Å²) in [5.41, 5.74) is 2.33. The molecule has 1 fully saturated rings. The van der Waals surface area contributed by atoms with E-state index in [2.05, 4.69) is 5.48 Å². The van der Waals surface area contributed by atoms with E-state index in [-0.39, 0.29) is 29.8 Å². The zero-order chi connectivity index (χ0) is 16.2. The van der Waals surface area contributed by atoms with E-state index in [0.29, 0.717) is 19.4 Å². The Balaban J connectivity index is 2.02. The molecular formula is C14H19FN2O4S. The number of halogens is 1. The first-order chi connectivity index (χ1) is 10.5. The van der Waals surface area contributed by atoms with Crippen molar-refractivity contribution in [1.82, 2.24) is 9.79 Å². The van der Waals surface area contributed by atoms with Crippen molar-refractivity contribution in [3.05, 3.63) is 30.1 Å². The average Bonchev–Trinajstić information content (AvgIpc) is 2.53. The quantitative estimate of drug-likeness (QED) is 0.826. The maximum Gasteiger partial charge on any atom is 0.246 e. The van der Waals surface area contributed by atoms with Gasteiger partial charge in [-0.05, 0) is 31.9 Å². The standard InChI is InChI=1S/C14H19FN2O4S/c1-2-21-16-14(18)11-7-9-17(10-8-11)22(19,20)13-6-4-3-5-12(13)15/h3-6,11H,2,7-10H2,1H3,(H,16,18). The summed E-state index contributed by atoms with van der Waals surface area (Å²) in [5, 5.41) is 0. The fourth-order valence-corrected chi connectivity index (χ4v) is 3.91. The fourth-order valence-electron chi connectivity index (χ4n) is 2.38. The summed E-state index contributed by atoms with van der Waals surface area (Å²) in [4.78, 5) is 16.3. The van der Waals surface area contributed by atoms with Crippen LogP contribution in [0.2, 0.25) is 0 Å². The summed E-state index contributed by atoms with van der Waals surface area (Å²) in [6.45, 7) is 2.48. The van der Waals surface area contributed by atoms with Crippen LogP contribution in [-0.4, -0.2) is 38.3 Å². The summed E-state index contributed by atoms with van der Waals surface area (Å²) < 4.78 is 39.8. The molecule has 0 atom stereocenters. The van der Waals surface area contributed by atoms with Crippen LogP contribution >= 0.6 is 0 Å². The summed E-state index contributed by atoms with van der Waals surface area (Å²) in [5.74, 6) is -1.30. The second-order valence-corrected chi connectivity index (χ2v) is 6.91. The maximum absolute atomic E-state index is 13.7. The van der Waals surface area contributed by atoms with Crippen LogP contribution in [-0.2, 0) is 19.7 Å². The molecule has 1 amide bonds. The summed E-state index contributed by atoms with van der Waals surface area (Å²) in [7, 11) is -3.86. The highest BCUT2D eigenvalue weighted by atomic mass is 32.2. The second kappa shape index (κ2) is 7.17. The molecule has 0 aromatic heterocycles. The fraction of sp³-hybridized carbons (Fsp3) is 0.500. The van der Waals surface area contributed by atoms with Gasteiger partial charge in [-0.1, -0.05) is 12.1 Å². The van der Waals surface area contributed by atoms with E-state index in [0.717, 1.165) is 6.07 Å². The minimum Gasteiger partial charge on any atom is -0.274 e. The highest BCUT2D eigenvalue weighted by Crippen LogP contribution is 2.25. The highest BCUT2D eigenvalue weighted by molar-refractivity contribution is 7.89. The first kappa shape index (κ1) is 16.9. The molecule has 1 saturated heterocycles. The minimum absolute atomic E-state index is 0.181. The summed E-state index contributed by atoms with van der Waals surface area (Å²) in [6, 6.07) is 5.30. The predicted octanol–water partition coefficient (Wildman–Crippen LogP) is 1.29. The molecule has 2 rings (SSSR count). The van der Waals surface area contributed by atoms with Crippen LogP contribution in [0.15, 0.2) is 29.2 Å². The van der Waals surface area contributed by atoms with E-state index in [1.54, 1.807) is 6.92 Å². The zero-order valence-corrected chi connectivity index (χ0v) is 13.1. The number of benzene rings is 1.